The van der Waals surface area contributed by atoms with Crippen molar-refractivity contribution in [2.45, 2.75) is 11.8 Å². The number of ether oxygens (including phenoxy) is 1. The normalized spacial score (nSPS) is 11.3. The van der Waals surface area contributed by atoms with Gasteiger partial charge in [0.1, 0.15) is 10.7 Å². The van der Waals surface area contributed by atoms with E-state index in [2.05, 4.69) is 10.0 Å². The van der Waals surface area contributed by atoms with Crippen LogP contribution in [-0.4, -0.2) is 54.7 Å². The number of halogens is 1. The average Bonchev–Trinajstić information content (AvgIpc) is 2.51. The molecule has 130 valence electrons. The molecule has 0 spiro atoms. The van der Waals surface area contributed by atoms with Crippen molar-refractivity contribution < 1.29 is 22.3 Å². The summed E-state index contributed by atoms with van der Waals surface area (Å²) < 4.78 is 45.7. The second-order valence-corrected chi connectivity index (χ2v) is 6.47. The Morgan fingerprint density at radius 3 is 2.70 bits per heavy atom. The molecule has 0 aliphatic carbocycles. The van der Waals surface area contributed by atoms with Gasteiger partial charge in [0.05, 0.1) is 18.8 Å². The van der Waals surface area contributed by atoms with E-state index < -0.39 is 15.8 Å². The summed E-state index contributed by atoms with van der Waals surface area (Å²) in [6.45, 7) is 2.51. The number of hydrogen-bond acceptors (Lipinski definition) is 5. The molecule has 0 heterocycles. The highest BCUT2D eigenvalue weighted by Crippen LogP contribution is 2.25. The third kappa shape index (κ3) is 5.77. The third-order valence-electron chi connectivity index (χ3n) is 3.02. The number of hydrogen-bond donors (Lipinski definition) is 2. The lowest BCUT2D eigenvalue weighted by Crippen LogP contribution is -2.35. The summed E-state index contributed by atoms with van der Waals surface area (Å²) in [4.78, 5) is 12.7. The molecule has 1 aromatic rings. The fraction of sp³-hybridized carbons (Fsp3) is 0.500. The van der Waals surface area contributed by atoms with Crippen LogP contribution in [0.5, 0.6) is 0 Å². The first-order chi connectivity index (χ1) is 10.8. The molecule has 9 heteroatoms. The van der Waals surface area contributed by atoms with Crippen LogP contribution in [0.25, 0.3) is 0 Å². The van der Waals surface area contributed by atoms with E-state index in [0.717, 1.165) is 12.1 Å². The molecule has 7 nitrogen and oxygen atoms in total. The average molecular weight is 347 g/mol. The van der Waals surface area contributed by atoms with Crippen LogP contribution in [0.15, 0.2) is 23.1 Å². The maximum atomic E-state index is 13.5. The van der Waals surface area contributed by atoms with Crippen molar-refractivity contribution in [1.29, 1.82) is 0 Å². The summed E-state index contributed by atoms with van der Waals surface area (Å²) >= 11 is 0. The number of carbonyl (C=O) groups is 1. The molecule has 0 bridgehead atoms. The summed E-state index contributed by atoms with van der Waals surface area (Å²) in [5.74, 6) is -0.961. The predicted octanol–water partition coefficient (Wildman–Crippen LogP) is 0.323. The fourth-order valence-electron chi connectivity index (χ4n) is 1.87. The molecule has 0 saturated carbocycles. The first-order valence-electron chi connectivity index (χ1n) is 7.10. The lowest BCUT2D eigenvalue weighted by atomic mass is 10.3. The van der Waals surface area contributed by atoms with Gasteiger partial charge in [-0.3, -0.25) is 4.79 Å². The van der Waals surface area contributed by atoms with E-state index in [9.17, 15) is 17.6 Å². The number of likely N-dealkylation sites (N-methyl/N-ethyl adjacent to an activating group) is 2. The lowest BCUT2D eigenvalue weighted by Gasteiger charge is -2.21. The number of amides is 1. The highest BCUT2D eigenvalue weighted by Gasteiger charge is 2.22. The molecule has 0 saturated heterocycles. The molecule has 0 aliphatic heterocycles. The molecular formula is C14H22FN3O4S. The van der Waals surface area contributed by atoms with Crippen molar-refractivity contribution in [1.82, 2.24) is 10.0 Å². The van der Waals surface area contributed by atoms with Crippen molar-refractivity contribution >= 4 is 21.6 Å². The van der Waals surface area contributed by atoms with Crippen molar-refractivity contribution in [3.63, 3.8) is 0 Å². The van der Waals surface area contributed by atoms with Gasteiger partial charge in [-0.2, -0.15) is 0 Å². The van der Waals surface area contributed by atoms with E-state index in [0.29, 0.717) is 6.61 Å². The largest absolute Gasteiger partial charge is 0.380 e. The molecule has 0 atom stereocenters. The quantitative estimate of drug-likeness (QED) is 0.628. The van der Waals surface area contributed by atoms with Gasteiger partial charge >= 0.3 is 0 Å². The Morgan fingerprint density at radius 2 is 2.09 bits per heavy atom. The first-order valence-corrected chi connectivity index (χ1v) is 8.58. The SMILES string of the molecule is CCOCCNS(=O)(=O)c1cc(F)ccc1N(C)CC(=O)NC. The zero-order valence-corrected chi connectivity index (χ0v) is 14.2. The van der Waals surface area contributed by atoms with Crippen molar-refractivity contribution in [3.05, 3.63) is 24.0 Å². The Hall–Kier alpha value is -1.71. The zero-order chi connectivity index (χ0) is 17.5. The maximum Gasteiger partial charge on any atom is 0.242 e. The number of sulfonamides is 1. The highest BCUT2D eigenvalue weighted by molar-refractivity contribution is 7.89. The van der Waals surface area contributed by atoms with Gasteiger partial charge in [-0.05, 0) is 25.1 Å². The van der Waals surface area contributed by atoms with Crippen molar-refractivity contribution in [2.24, 2.45) is 0 Å². The molecule has 2 N–H and O–H groups in total. The van der Waals surface area contributed by atoms with Gasteiger partial charge in [0, 0.05) is 27.2 Å². The van der Waals surface area contributed by atoms with E-state index >= 15 is 0 Å². The number of benzene rings is 1. The molecule has 1 rings (SSSR count). The summed E-state index contributed by atoms with van der Waals surface area (Å²) in [7, 11) is -0.888. The standard InChI is InChI=1S/C14H22FN3O4S/c1-4-22-8-7-17-23(20,21)13-9-11(15)5-6-12(13)18(3)10-14(19)16-2/h5-6,9,17H,4,7-8,10H2,1-3H3,(H,16,19). The van der Waals surface area contributed by atoms with Crippen molar-refractivity contribution in [3.8, 4) is 0 Å². The molecule has 0 aromatic heterocycles. The van der Waals surface area contributed by atoms with Gasteiger partial charge in [0.15, 0.2) is 0 Å². The highest BCUT2D eigenvalue weighted by atomic mass is 32.2. The van der Waals surface area contributed by atoms with Gasteiger partial charge in [-0.1, -0.05) is 0 Å². The Balaban J connectivity index is 3.04. The fourth-order valence-corrected chi connectivity index (χ4v) is 3.14. The van der Waals surface area contributed by atoms with Crippen LogP contribution < -0.4 is 14.9 Å². The lowest BCUT2D eigenvalue weighted by molar-refractivity contribution is -0.119. The van der Waals surface area contributed by atoms with Crippen LogP contribution in [0.2, 0.25) is 0 Å². The summed E-state index contributed by atoms with van der Waals surface area (Å²) in [6, 6.07) is 3.41. The summed E-state index contributed by atoms with van der Waals surface area (Å²) in [5, 5.41) is 2.45. The molecular weight excluding hydrogens is 325 g/mol. The van der Waals surface area contributed by atoms with Gasteiger partial charge < -0.3 is 15.0 Å². The molecule has 0 fully saturated rings. The minimum Gasteiger partial charge on any atom is -0.380 e. The molecule has 1 aromatic carbocycles. The van der Waals surface area contributed by atoms with E-state index in [-0.39, 0.29) is 36.2 Å². The minimum absolute atomic E-state index is 0.0520. The predicted molar refractivity (Wildman–Crippen MR) is 85.4 cm³/mol. The Kier molecular flexibility index (Phi) is 7.40. The number of anilines is 1. The van der Waals surface area contributed by atoms with Crippen LogP contribution in [0.1, 0.15) is 6.92 Å². The molecule has 1 amide bonds. The van der Waals surface area contributed by atoms with Crippen molar-refractivity contribution in [2.75, 3.05) is 45.3 Å². The molecule has 0 aliphatic rings. The number of rotatable bonds is 9. The van der Waals surface area contributed by atoms with Crippen LogP contribution in [0.4, 0.5) is 10.1 Å². The van der Waals surface area contributed by atoms with Gasteiger partial charge in [0.2, 0.25) is 15.9 Å². The second-order valence-electron chi connectivity index (χ2n) is 4.74. The van der Waals surface area contributed by atoms with E-state index in [4.69, 9.17) is 4.74 Å². The van der Waals surface area contributed by atoms with E-state index in [1.807, 2.05) is 0 Å². The first kappa shape index (κ1) is 19.3. The molecule has 0 radical (unpaired) electrons. The van der Waals surface area contributed by atoms with E-state index in [1.54, 1.807) is 14.0 Å². The van der Waals surface area contributed by atoms with Gasteiger partial charge in [0.25, 0.3) is 0 Å². The Labute approximate surface area is 135 Å². The third-order valence-corrected chi connectivity index (χ3v) is 4.52. The summed E-state index contributed by atoms with van der Waals surface area (Å²) in [6.07, 6.45) is 0. The van der Waals surface area contributed by atoms with Crippen LogP contribution in [0.3, 0.4) is 0 Å². The smallest absolute Gasteiger partial charge is 0.242 e. The zero-order valence-electron chi connectivity index (χ0n) is 13.4. The number of nitrogens with zero attached hydrogens (tertiary/aromatic N) is 1. The van der Waals surface area contributed by atoms with Gasteiger partial charge in [-0.25, -0.2) is 17.5 Å². The van der Waals surface area contributed by atoms with Crippen LogP contribution in [-0.2, 0) is 19.6 Å². The Morgan fingerprint density at radius 1 is 1.39 bits per heavy atom. The van der Waals surface area contributed by atoms with E-state index in [1.165, 1.54) is 18.0 Å². The summed E-state index contributed by atoms with van der Waals surface area (Å²) in [5.41, 5.74) is 0.235. The van der Waals surface area contributed by atoms with Crippen LogP contribution >= 0.6 is 0 Å². The number of nitrogens with one attached hydrogen (secondary N) is 2. The Bertz CT molecular complexity index is 637. The minimum atomic E-state index is -3.92. The number of carbonyl (C=O) groups excluding carboxylic acids is 1. The maximum absolute atomic E-state index is 13.5. The van der Waals surface area contributed by atoms with Gasteiger partial charge in [-0.15, -0.1) is 0 Å². The molecule has 0 unspecified atom stereocenters. The second kappa shape index (κ2) is 8.80. The topological polar surface area (TPSA) is 87.7 Å². The van der Waals surface area contributed by atoms with Crippen LogP contribution in [0, 0.1) is 5.82 Å². The molecule has 23 heavy (non-hydrogen) atoms. The monoisotopic (exact) mass is 347 g/mol.